The standard InChI is InChI=1S/C26H24N6O2S/c1-28-21-10-15(2-3-16(21)13-27)24-19-12-23-18(25(19)31-30-24)11-22(35-23)17-4-5-20(29-14-17)26(33)32-6-8-34-9-7-32/h2-5,10-11,13-14,27-28H,6-9,12H2,1H3,(H,30,31). The van der Waals surface area contributed by atoms with Crippen LogP contribution < -0.4 is 5.32 Å². The predicted molar refractivity (Wildman–Crippen MR) is 138 cm³/mol. The van der Waals surface area contributed by atoms with Gasteiger partial charge in [0.25, 0.3) is 5.91 Å². The predicted octanol–water partition coefficient (Wildman–Crippen LogP) is 4.28. The Morgan fingerprint density at radius 1 is 1.20 bits per heavy atom. The second-order valence-electron chi connectivity index (χ2n) is 8.58. The van der Waals surface area contributed by atoms with E-state index in [1.807, 2.05) is 37.4 Å². The molecule has 0 radical (unpaired) electrons. The van der Waals surface area contributed by atoms with Gasteiger partial charge in [-0.05, 0) is 24.3 Å². The minimum absolute atomic E-state index is 0.0433. The molecule has 1 saturated heterocycles. The number of aromatic amines is 1. The number of rotatable bonds is 5. The molecule has 6 rings (SSSR count). The maximum absolute atomic E-state index is 12.7. The Morgan fingerprint density at radius 2 is 2.03 bits per heavy atom. The van der Waals surface area contributed by atoms with E-state index in [-0.39, 0.29) is 5.91 Å². The third-order valence-corrected chi connectivity index (χ3v) is 7.78. The molecular formula is C26H24N6O2S. The lowest BCUT2D eigenvalue weighted by Crippen LogP contribution is -2.41. The number of thiophene rings is 1. The number of nitrogens with zero attached hydrogens (tertiary/aromatic N) is 3. The van der Waals surface area contributed by atoms with Crippen LogP contribution in [0.5, 0.6) is 0 Å². The zero-order valence-corrected chi connectivity index (χ0v) is 20.0. The van der Waals surface area contributed by atoms with E-state index in [1.54, 1.807) is 22.4 Å². The summed E-state index contributed by atoms with van der Waals surface area (Å²) in [5.74, 6) is -0.0433. The fraction of sp³-hybridized carbons (Fsp3) is 0.231. The lowest BCUT2D eigenvalue weighted by molar-refractivity contribution is 0.0299. The topological polar surface area (TPSA) is 107 Å². The number of morpholine rings is 1. The summed E-state index contributed by atoms with van der Waals surface area (Å²) in [6.45, 7) is 2.37. The van der Waals surface area contributed by atoms with Gasteiger partial charge in [-0.1, -0.05) is 12.1 Å². The minimum atomic E-state index is -0.0433. The van der Waals surface area contributed by atoms with Gasteiger partial charge in [0.1, 0.15) is 5.69 Å². The summed E-state index contributed by atoms with van der Waals surface area (Å²) >= 11 is 1.75. The number of aromatic nitrogens is 3. The van der Waals surface area contributed by atoms with Crippen molar-refractivity contribution >= 4 is 29.1 Å². The van der Waals surface area contributed by atoms with E-state index in [0.717, 1.165) is 45.1 Å². The summed E-state index contributed by atoms with van der Waals surface area (Å²) in [4.78, 5) is 21.4. The van der Waals surface area contributed by atoms with Crippen LogP contribution in [-0.2, 0) is 11.2 Å². The maximum Gasteiger partial charge on any atom is 0.272 e. The molecule has 1 amide bonds. The fourth-order valence-electron chi connectivity index (χ4n) is 4.71. The van der Waals surface area contributed by atoms with Crippen molar-refractivity contribution in [3.63, 3.8) is 0 Å². The van der Waals surface area contributed by atoms with Gasteiger partial charge >= 0.3 is 0 Å². The summed E-state index contributed by atoms with van der Waals surface area (Å²) in [6, 6.07) is 12.0. The van der Waals surface area contributed by atoms with Crippen LogP contribution in [-0.4, -0.2) is 65.6 Å². The van der Waals surface area contributed by atoms with Crippen molar-refractivity contribution in [1.29, 1.82) is 5.41 Å². The second kappa shape index (κ2) is 8.75. The summed E-state index contributed by atoms with van der Waals surface area (Å²) < 4.78 is 5.33. The number of nitrogens with one attached hydrogen (secondary N) is 3. The van der Waals surface area contributed by atoms with Crippen LogP contribution in [0.25, 0.3) is 33.0 Å². The Hall–Kier alpha value is -3.82. The highest BCUT2D eigenvalue weighted by atomic mass is 32.1. The number of hydrogen-bond donors (Lipinski definition) is 3. The van der Waals surface area contributed by atoms with E-state index in [2.05, 4.69) is 26.6 Å². The van der Waals surface area contributed by atoms with Crippen molar-refractivity contribution in [2.24, 2.45) is 0 Å². The number of fused-ring (bicyclic) bond motifs is 3. The van der Waals surface area contributed by atoms with Crippen LogP contribution >= 0.6 is 11.3 Å². The molecule has 0 bridgehead atoms. The summed E-state index contributed by atoms with van der Waals surface area (Å²) in [6.07, 6.45) is 3.96. The molecule has 0 spiro atoms. The van der Waals surface area contributed by atoms with Gasteiger partial charge in [-0.15, -0.1) is 11.3 Å². The first-order chi connectivity index (χ1) is 17.2. The highest BCUT2D eigenvalue weighted by Crippen LogP contribution is 2.46. The molecule has 176 valence electrons. The average Bonchev–Trinajstić information content (AvgIpc) is 3.60. The molecule has 3 N–H and O–H groups in total. The lowest BCUT2D eigenvalue weighted by Gasteiger charge is -2.26. The molecule has 1 aromatic carbocycles. The Balaban J connectivity index is 1.25. The van der Waals surface area contributed by atoms with Crippen molar-refractivity contribution in [3.8, 4) is 33.0 Å². The summed E-state index contributed by atoms with van der Waals surface area (Å²) in [5.41, 5.74) is 8.64. The average molecular weight is 485 g/mol. The van der Waals surface area contributed by atoms with E-state index in [1.165, 1.54) is 22.2 Å². The zero-order chi connectivity index (χ0) is 23.9. The Kier molecular flexibility index (Phi) is 5.43. The first-order valence-electron chi connectivity index (χ1n) is 11.5. The van der Waals surface area contributed by atoms with Crippen molar-refractivity contribution in [2.75, 3.05) is 38.7 Å². The molecule has 8 nitrogen and oxygen atoms in total. The Morgan fingerprint density at radius 3 is 2.77 bits per heavy atom. The van der Waals surface area contributed by atoms with Crippen molar-refractivity contribution in [2.45, 2.75) is 6.42 Å². The van der Waals surface area contributed by atoms with Gasteiger partial charge in [0.15, 0.2) is 0 Å². The van der Waals surface area contributed by atoms with Crippen molar-refractivity contribution < 1.29 is 9.53 Å². The summed E-state index contributed by atoms with van der Waals surface area (Å²) in [5, 5.41) is 18.6. The maximum atomic E-state index is 12.7. The summed E-state index contributed by atoms with van der Waals surface area (Å²) in [7, 11) is 1.86. The minimum Gasteiger partial charge on any atom is -0.388 e. The van der Waals surface area contributed by atoms with Crippen LogP contribution in [0.15, 0.2) is 42.6 Å². The van der Waals surface area contributed by atoms with E-state index >= 15 is 0 Å². The Bertz CT molecular complexity index is 1430. The van der Waals surface area contributed by atoms with E-state index in [9.17, 15) is 4.79 Å². The molecule has 0 atom stereocenters. The molecular weight excluding hydrogens is 460 g/mol. The number of amides is 1. The van der Waals surface area contributed by atoms with Crippen LogP contribution in [0, 0.1) is 5.41 Å². The SMILES string of the molecule is CNc1cc(-c2n[nH]c3c2Cc2sc(-c4ccc(C(=O)N5CCOCC5)nc4)cc2-3)ccc1C=N. The first kappa shape index (κ1) is 21.7. The van der Waals surface area contributed by atoms with Gasteiger partial charge in [0.05, 0.1) is 24.6 Å². The number of pyridine rings is 1. The molecule has 9 heteroatoms. The first-order valence-corrected chi connectivity index (χ1v) is 12.3. The third kappa shape index (κ3) is 3.73. The highest BCUT2D eigenvalue weighted by Gasteiger charge is 2.28. The van der Waals surface area contributed by atoms with Gasteiger partial charge < -0.3 is 20.4 Å². The Labute approximate surface area is 206 Å². The molecule has 4 heterocycles. The van der Waals surface area contributed by atoms with Gasteiger partial charge in [-0.25, -0.2) is 0 Å². The number of benzene rings is 1. The molecule has 1 fully saturated rings. The monoisotopic (exact) mass is 484 g/mol. The molecule has 0 saturated carbocycles. The number of carbonyl (C=O) groups excluding carboxylic acids is 1. The molecule has 0 unspecified atom stereocenters. The largest absolute Gasteiger partial charge is 0.388 e. The fourth-order valence-corrected chi connectivity index (χ4v) is 5.88. The quantitative estimate of drug-likeness (QED) is 0.323. The molecule has 4 aromatic rings. The number of carbonyl (C=O) groups is 1. The molecule has 1 aliphatic heterocycles. The number of ether oxygens (including phenoxy) is 1. The number of hydrogen-bond acceptors (Lipinski definition) is 7. The lowest BCUT2D eigenvalue weighted by atomic mass is 10.0. The smallest absolute Gasteiger partial charge is 0.272 e. The number of H-pyrrole nitrogens is 1. The van der Waals surface area contributed by atoms with Gasteiger partial charge in [0, 0.05) is 82.2 Å². The van der Waals surface area contributed by atoms with Crippen LogP contribution in [0.3, 0.4) is 0 Å². The van der Waals surface area contributed by atoms with E-state index in [0.29, 0.717) is 32.0 Å². The highest BCUT2D eigenvalue weighted by molar-refractivity contribution is 7.16. The molecule has 2 aliphatic rings. The van der Waals surface area contributed by atoms with Crippen molar-refractivity contribution in [1.82, 2.24) is 20.1 Å². The van der Waals surface area contributed by atoms with Gasteiger partial charge in [0.2, 0.25) is 0 Å². The van der Waals surface area contributed by atoms with Crippen molar-refractivity contribution in [3.05, 3.63) is 64.3 Å². The molecule has 35 heavy (non-hydrogen) atoms. The van der Waals surface area contributed by atoms with Crippen LogP contribution in [0.4, 0.5) is 5.69 Å². The van der Waals surface area contributed by atoms with Crippen LogP contribution in [0.2, 0.25) is 0 Å². The van der Waals surface area contributed by atoms with Gasteiger partial charge in [-0.3, -0.25) is 14.9 Å². The van der Waals surface area contributed by atoms with E-state index < -0.39 is 0 Å². The molecule has 3 aromatic heterocycles. The van der Waals surface area contributed by atoms with E-state index in [4.69, 9.17) is 10.1 Å². The third-order valence-electron chi connectivity index (χ3n) is 6.60. The normalized spacial score (nSPS) is 14.5. The van der Waals surface area contributed by atoms with Crippen LogP contribution in [0.1, 0.15) is 26.5 Å². The second-order valence-corrected chi connectivity index (χ2v) is 9.72. The van der Waals surface area contributed by atoms with Gasteiger partial charge in [-0.2, -0.15) is 5.10 Å². The zero-order valence-electron chi connectivity index (χ0n) is 19.2. The number of anilines is 1. The molecule has 1 aliphatic carbocycles.